The van der Waals surface area contributed by atoms with Gasteiger partial charge in [-0.15, -0.1) is 0 Å². The Kier molecular flexibility index (Phi) is 4.46. The number of alkyl halides is 3. The fraction of sp³-hybridized carbons (Fsp3) is 0.0625. The number of nitrogens with zero attached hydrogens (tertiary/aromatic N) is 2. The van der Waals surface area contributed by atoms with Crippen LogP contribution in [0.25, 0.3) is 11.6 Å². The second-order valence-corrected chi connectivity index (χ2v) is 4.60. The minimum absolute atomic E-state index is 0.0170. The van der Waals surface area contributed by atoms with E-state index in [4.69, 9.17) is 0 Å². The van der Waals surface area contributed by atoms with Crippen LogP contribution in [0.5, 0.6) is 0 Å². The van der Waals surface area contributed by atoms with Gasteiger partial charge in [0.1, 0.15) is 0 Å². The van der Waals surface area contributed by atoms with Gasteiger partial charge < -0.3 is 0 Å². The number of halogens is 3. The molecule has 0 atom stereocenters. The van der Waals surface area contributed by atoms with Crippen LogP contribution in [0.15, 0.2) is 48.5 Å². The van der Waals surface area contributed by atoms with Crippen LogP contribution < -0.4 is 0 Å². The lowest BCUT2D eigenvalue weighted by Gasteiger charge is -2.08. The predicted octanol–water partition coefficient (Wildman–Crippen LogP) is 4.68. The highest BCUT2D eigenvalue weighted by Gasteiger charge is 2.30. The zero-order valence-electron chi connectivity index (χ0n) is 11.5. The number of nitro benzene ring substituents is 1. The molecule has 0 aromatic heterocycles. The summed E-state index contributed by atoms with van der Waals surface area (Å²) in [4.78, 5) is 10.1. The third kappa shape index (κ3) is 3.95. The zero-order valence-corrected chi connectivity index (χ0v) is 11.5. The highest BCUT2D eigenvalue weighted by Crippen LogP contribution is 2.31. The molecule has 2 aromatic rings. The highest BCUT2D eigenvalue weighted by molar-refractivity contribution is 5.89. The summed E-state index contributed by atoms with van der Waals surface area (Å²) in [5.41, 5.74) is -0.603. The van der Waals surface area contributed by atoms with Gasteiger partial charge in [-0.3, -0.25) is 10.1 Å². The second-order valence-electron chi connectivity index (χ2n) is 4.60. The molecule has 0 radical (unpaired) electrons. The van der Waals surface area contributed by atoms with E-state index in [0.717, 1.165) is 12.1 Å². The van der Waals surface area contributed by atoms with Crippen molar-refractivity contribution >= 4 is 17.3 Å². The molecule has 0 saturated heterocycles. The standard InChI is InChI=1S/C16H9F3N2O2/c17-16(18,19)14-5-2-4-12(9-14)13(10-20)7-11-3-1-6-15(8-11)21(22)23/h1-9H. The Labute approximate surface area is 129 Å². The minimum atomic E-state index is -4.51. The smallest absolute Gasteiger partial charge is 0.258 e. The van der Waals surface area contributed by atoms with Crippen LogP contribution in [0.3, 0.4) is 0 Å². The first-order valence-corrected chi connectivity index (χ1v) is 6.35. The fourth-order valence-corrected chi connectivity index (χ4v) is 1.94. The van der Waals surface area contributed by atoms with Gasteiger partial charge in [0.25, 0.3) is 5.69 Å². The van der Waals surface area contributed by atoms with E-state index in [1.165, 1.54) is 42.5 Å². The number of nitriles is 1. The Hall–Kier alpha value is -3.14. The summed E-state index contributed by atoms with van der Waals surface area (Å²) in [6.45, 7) is 0. The van der Waals surface area contributed by atoms with Crippen molar-refractivity contribution in [1.82, 2.24) is 0 Å². The second kappa shape index (κ2) is 6.32. The largest absolute Gasteiger partial charge is 0.416 e. The lowest BCUT2D eigenvalue weighted by atomic mass is 10.0. The maximum absolute atomic E-state index is 12.7. The van der Waals surface area contributed by atoms with Gasteiger partial charge in [-0.05, 0) is 29.3 Å². The zero-order chi connectivity index (χ0) is 17.0. The minimum Gasteiger partial charge on any atom is -0.258 e. The molecule has 0 unspecified atom stereocenters. The van der Waals surface area contributed by atoms with Crippen molar-refractivity contribution in [3.05, 3.63) is 75.3 Å². The van der Waals surface area contributed by atoms with Crippen molar-refractivity contribution in [1.29, 1.82) is 5.26 Å². The van der Waals surface area contributed by atoms with Crippen molar-refractivity contribution in [2.45, 2.75) is 6.18 Å². The number of non-ortho nitro benzene ring substituents is 1. The van der Waals surface area contributed by atoms with E-state index in [1.807, 2.05) is 6.07 Å². The van der Waals surface area contributed by atoms with Crippen molar-refractivity contribution in [3.8, 4) is 6.07 Å². The van der Waals surface area contributed by atoms with Gasteiger partial charge in [-0.2, -0.15) is 18.4 Å². The number of nitro groups is 1. The Bertz CT molecular complexity index is 821. The highest BCUT2D eigenvalue weighted by atomic mass is 19.4. The van der Waals surface area contributed by atoms with Crippen molar-refractivity contribution in [2.75, 3.05) is 0 Å². The molecule has 0 heterocycles. The summed E-state index contributed by atoms with van der Waals surface area (Å²) in [5, 5.41) is 19.9. The van der Waals surface area contributed by atoms with Crippen LogP contribution in [-0.4, -0.2) is 4.92 Å². The first-order valence-electron chi connectivity index (χ1n) is 6.35. The van der Waals surface area contributed by atoms with Crippen molar-refractivity contribution in [3.63, 3.8) is 0 Å². The summed E-state index contributed by atoms with van der Waals surface area (Å²) in [6.07, 6.45) is -3.20. The summed E-state index contributed by atoms with van der Waals surface area (Å²) >= 11 is 0. The molecule has 0 bridgehead atoms. The molecule has 0 spiro atoms. The quantitative estimate of drug-likeness (QED) is 0.357. The Morgan fingerprint density at radius 1 is 1.17 bits per heavy atom. The molecular weight excluding hydrogens is 309 g/mol. The summed E-state index contributed by atoms with van der Waals surface area (Å²) in [6, 6.07) is 11.7. The third-order valence-electron chi connectivity index (χ3n) is 3.01. The van der Waals surface area contributed by atoms with Gasteiger partial charge in [0.2, 0.25) is 0 Å². The summed E-state index contributed by atoms with van der Waals surface area (Å²) in [7, 11) is 0. The molecule has 116 valence electrons. The van der Waals surface area contributed by atoms with E-state index in [2.05, 4.69) is 0 Å². The molecule has 2 rings (SSSR count). The molecule has 0 aliphatic carbocycles. The average molecular weight is 318 g/mol. The fourth-order valence-electron chi connectivity index (χ4n) is 1.94. The van der Waals surface area contributed by atoms with Gasteiger partial charge in [0.15, 0.2) is 0 Å². The van der Waals surface area contributed by atoms with E-state index in [9.17, 15) is 28.5 Å². The maximum Gasteiger partial charge on any atom is 0.416 e. The molecule has 0 saturated carbocycles. The summed E-state index contributed by atoms with van der Waals surface area (Å²) in [5.74, 6) is 0. The molecule has 0 fully saturated rings. The van der Waals surface area contributed by atoms with Crippen LogP contribution in [0.4, 0.5) is 18.9 Å². The molecule has 23 heavy (non-hydrogen) atoms. The average Bonchev–Trinajstić information content (AvgIpc) is 2.52. The molecule has 2 aromatic carbocycles. The molecule has 0 N–H and O–H groups in total. The van der Waals surface area contributed by atoms with Crippen LogP contribution in [-0.2, 0) is 6.18 Å². The van der Waals surface area contributed by atoms with Crippen LogP contribution in [0, 0.1) is 21.4 Å². The first kappa shape index (κ1) is 16.2. The SMILES string of the molecule is N#CC(=Cc1cccc([N+](=O)[O-])c1)c1cccc(C(F)(F)F)c1. The predicted molar refractivity (Wildman–Crippen MR) is 78.0 cm³/mol. The van der Waals surface area contributed by atoms with E-state index in [-0.39, 0.29) is 16.8 Å². The number of hydrogen-bond acceptors (Lipinski definition) is 3. The van der Waals surface area contributed by atoms with Gasteiger partial charge >= 0.3 is 6.18 Å². The van der Waals surface area contributed by atoms with Crippen LogP contribution in [0.2, 0.25) is 0 Å². The third-order valence-corrected chi connectivity index (χ3v) is 3.01. The molecule has 0 aliphatic heterocycles. The lowest BCUT2D eigenvalue weighted by Crippen LogP contribution is -2.04. The Morgan fingerprint density at radius 3 is 2.48 bits per heavy atom. The molecule has 0 amide bonds. The Balaban J connectivity index is 2.46. The first-order chi connectivity index (χ1) is 10.8. The molecule has 0 aliphatic rings. The summed E-state index contributed by atoms with van der Waals surface area (Å²) < 4.78 is 38.2. The Morgan fingerprint density at radius 2 is 1.87 bits per heavy atom. The normalized spacial score (nSPS) is 11.8. The van der Waals surface area contributed by atoms with Gasteiger partial charge in [0.05, 0.1) is 22.1 Å². The van der Waals surface area contributed by atoms with Crippen molar-refractivity contribution in [2.24, 2.45) is 0 Å². The molecule has 4 nitrogen and oxygen atoms in total. The number of allylic oxidation sites excluding steroid dienone is 1. The van der Waals surface area contributed by atoms with Gasteiger partial charge in [0, 0.05) is 12.1 Å². The van der Waals surface area contributed by atoms with Crippen molar-refractivity contribution < 1.29 is 18.1 Å². The van der Waals surface area contributed by atoms with E-state index in [1.54, 1.807) is 0 Å². The van der Waals surface area contributed by atoms with Gasteiger partial charge in [-0.25, -0.2) is 0 Å². The number of benzene rings is 2. The van der Waals surface area contributed by atoms with Crippen LogP contribution >= 0.6 is 0 Å². The van der Waals surface area contributed by atoms with E-state index in [0.29, 0.717) is 5.56 Å². The maximum atomic E-state index is 12.7. The van der Waals surface area contributed by atoms with E-state index >= 15 is 0 Å². The number of rotatable bonds is 3. The van der Waals surface area contributed by atoms with Crippen LogP contribution in [0.1, 0.15) is 16.7 Å². The topological polar surface area (TPSA) is 66.9 Å². The molecule has 7 heteroatoms. The van der Waals surface area contributed by atoms with E-state index < -0.39 is 16.7 Å². The molecular formula is C16H9F3N2O2. The lowest BCUT2D eigenvalue weighted by molar-refractivity contribution is -0.384. The monoisotopic (exact) mass is 318 g/mol. The number of hydrogen-bond donors (Lipinski definition) is 0. The van der Waals surface area contributed by atoms with Gasteiger partial charge in [-0.1, -0.05) is 24.3 Å².